The van der Waals surface area contributed by atoms with E-state index in [1.807, 2.05) is 0 Å². The number of rotatable bonds is 3. The largest absolute Gasteiger partial charge is 0.494 e. The highest BCUT2D eigenvalue weighted by Gasteiger charge is 2.26. The third kappa shape index (κ3) is 1.70. The van der Waals surface area contributed by atoms with Gasteiger partial charge < -0.3 is 9.84 Å². The Bertz CT molecular complexity index is 360. The molecule has 0 unspecified atom stereocenters. The Kier molecular flexibility index (Phi) is 3.05. The van der Waals surface area contributed by atoms with E-state index in [9.17, 15) is 13.6 Å². The Hall–Kier alpha value is -1.17. The molecule has 0 aromatic carbocycles. The van der Waals surface area contributed by atoms with Crippen LogP contribution < -0.4 is 4.74 Å². The van der Waals surface area contributed by atoms with Crippen LogP contribution in [0.5, 0.6) is 5.75 Å². The van der Waals surface area contributed by atoms with Crippen molar-refractivity contribution in [3.63, 3.8) is 0 Å². The lowest BCUT2D eigenvalue weighted by Crippen LogP contribution is -2.00. The lowest BCUT2D eigenvalue weighted by atomic mass is 10.2. The standard InChI is InChI=1S/C8H8F2O3S/c1-3-4(8(11)12)5(13-2)6(14-3)7(9)10/h7H,1-2H3,(H,11,12). The predicted octanol–water partition coefficient (Wildman–Crippen LogP) is 2.70. The molecule has 0 fully saturated rings. The topological polar surface area (TPSA) is 46.5 Å². The van der Waals surface area contributed by atoms with Gasteiger partial charge in [-0.2, -0.15) is 0 Å². The average Bonchev–Trinajstić information content (AvgIpc) is 2.41. The van der Waals surface area contributed by atoms with Gasteiger partial charge >= 0.3 is 5.97 Å². The van der Waals surface area contributed by atoms with Crippen LogP contribution in [0.1, 0.15) is 26.5 Å². The van der Waals surface area contributed by atoms with Gasteiger partial charge in [0.1, 0.15) is 10.4 Å². The number of aryl methyl sites for hydroxylation is 1. The van der Waals surface area contributed by atoms with Crippen LogP contribution in [0.2, 0.25) is 0 Å². The SMILES string of the molecule is COc1c(C(F)F)sc(C)c1C(=O)O. The second kappa shape index (κ2) is 3.91. The number of carboxylic acid groups (broad SMARTS) is 1. The molecule has 0 saturated carbocycles. The van der Waals surface area contributed by atoms with Crippen molar-refractivity contribution in [1.29, 1.82) is 0 Å². The van der Waals surface area contributed by atoms with Crippen molar-refractivity contribution < 1.29 is 23.4 Å². The van der Waals surface area contributed by atoms with E-state index in [4.69, 9.17) is 5.11 Å². The van der Waals surface area contributed by atoms with Gasteiger partial charge in [-0.15, -0.1) is 11.3 Å². The third-order valence-corrected chi connectivity index (χ3v) is 2.78. The van der Waals surface area contributed by atoms with Gasteiger partial charge in [-0.1, -0.05) is 0 Å². The first-order valence-electron chi connectivity index (χ1n) is 3.67. The van der Waals surface area contributed by atoms with E-state index in [0.29, 0.717) is 4.88 Å². The van der Waals surface area contributed by atoms with E-state index in [1.165, 1.54) is 14.0 Å². The van der Waals surface area contributed by atoms with Crippen molar-refractivity contribution >= 4 is 17.3 Å². The van der Waals surface area contributed by atoms with Crippen molar-refractivity contribution in [2.45, 2.75) is 13.3 Å². The number of methoxy groups -OCH3 is 1. The lowest BCUT2D eigenvalue weighted by Gasteiger charge is -2.02. The van der Waals surface area contributed by atoms with Crippen LogP contribution in [0.15, 0.2) is 0 Å². The first-order chi connectivity index (χ1) is 6.49. The highest BCUT2D eigenvalue weighted by molar-refractivity contribution is 7.12. The molecule has 0 aliphatic heterocycles. The van der Waals surface area contributed by atoms with Gasteiger partial charge in [0.2, 0.25) is 0 Å². The molecule has 0 aliphatic carbocycles. The summed E-state index contributed by atoms with van der Waals surface area (Å²) in [6.07, 6.45) is -2.71. The maximum Gasteiger partial charge on any atom is 0.340 e. The van der Waals surface area contributed by atoms with Crippen LogP contribution in [0.3, 0.4) is 0 Å². The molecule has 78 valence electrons. The fourth-order valence-corrected chi connectivity index (χ4v) is 2.12. The number of carboxylic acids is 1. The molecule has 0 spiro atoms. The molecule has 0 amide bonds. The molecular weight excluding hydrogens is 214 g/mol. The smallest absolute Gasteiger partial charge is 0.340 e. The fraction of sp³-hybridized carbons (Fsp3) is 0.375. The average molecular weight is 222 g/mol. The number of halogens is 2. The zero-order valence-electron chi connectivity index (χ0n) is 7.51. The van der Waals surface area contributed by atoms with Crippen LogP contribution in [0, 0.1) is 6.92 Å². The monoisotopic (exact) mass is 222 g/mol. The van der Waals surface area contributed by atoms with Gasteiger partial charge in [-0.3, -0.25) is 0 Å². The van der Waals surface area contributed by atoms with Crippen molar-refractivity contribution in [3.05, 3.63) is 15.3 Å². The molecule has 3 nitrogen and oxygen atoms in total. The molecule has 0 aliphatic rings. The number of thiophene rings is 1. The van der Waals surface area contributed by atoms with E-state index < -0.39 is 12.4 Å². The normalized spacial score (nSPS) is 10.6. The van der Waals surface area contributed by atoms with Crippen LogP contribution in [0.4, 0.5) is 8.78 Å². The summed E-state index contributed by atoms with van der Waals surface area (Å²) < 4.78 is 29.5. The summed E-state index contributed by atoms with van der Waals surface area (Å²) in [5, 5.41) is 8.75. The number of hydrogen-bond acceptors (Lipinski definition) is 3. The van der Waals surface area contributed by atoms with Crippen molar-refractivity contribution in [3.8, 4) is 5.75 Å². The highest BCUT2D eigenvalue weighted by atomic mass is 32.1. The first kappa shape index (κ1) is 10.9. The number of aromatic carboxylic acids is 1. The Labute approximate surface area is 82.9 Å². The van der Waals surface area contributed by atoms with E-state index in [-0.39, 0.29) is 16.2 Å². The van der Waals surface area contributed by atoms with E-state index in [1.54, 1.807) is 0 Å². The summed E-state index contributed by atoms with van der Waals surface area (Å²) in [5.41, 5.74) is -0.173. The van der Waals surface area contributed by atoms with Crippen LogP contribution >= 0.6 is 11.3 Å². The van der Waals surface area contributed by atoms with Crippen LogP contribution in [-0.4, -0.2) is 18.2 Å². The Balaban J connectivity index is 3.35. The second-order valence-corrected chi connectivity index (χ2v) is 3.79. The number of ether oxygens (including phenoxy) is 1. The van der Waals surface area contributed by atoms with Gasteiger partial charge in [0, 0.05) is 4.88 Å². The minimum atomic E-state index is -2.71. The number of carbonyl (C=O) groups is 1. The first-order valence-corrected chi connectivity index (χ1v) is 4.49. The summed E-state index contributed by atoms with van der Waals surface area (Å²) in [4.78, 5) is 10.7. The van der Waals surface area contributed by atoms with Gasteiger partial charge in [-0.25, -0.2) is 13.6 Å². The van der Waals surface area contributed by atoms with Gasteiger partial charge in [-0.05, 0) is 6.92 Å². The predicted molar refractivity (Wildman–Crippen MR) is 47.5 cm³/mol. The summed E-state index contributed by atoms with van der Waals surface area (Å²) in [7, 11) is 1.18. The second-order valence-electron chi connectivity index (χ2n) is 2.54. The van der Waals surface area contributed by atoms with E-state index in [0.717, 1.165) is 11.3 Å². The van der Waals surface area contributed by atoms with Crippen molar-refractivity contribution in [1.82, 2.24) is 0 Å². The lowest BCUT2D eigenvalue weighted by molar-refractivity contribution is 0.0692. The fourth-order valence-electron chi connectivity index (χ4n) is 1.14. The van der Waals surface area contributed by atoms with Gasteiger partial charge in [0.25, 0.3) is 6.43 Å². The molecule has 1 N–H and O–H groups in total. The Morgan fingerprint density at radius 2 is 2.14 bits per heavy atom. The minimum absolute atomic E-state index is 0.173. The quantitative estimate of drug-likeness (QED) is 0.855. The van der Waals surface area contributed by atoms with Crippen LogP contribution in [-0.2, 0) is 0 Å². The molecule has 0 saturated heterocycles. The summed E-state index contributed by atoms with van der Waals surface area (Å²) in [6, 6.07) is 0. The van der Waals surface area contributed by atoms with E-state index in [2.05, 4.69) is 4.74 Å². The summed E-state index contributed by atoms with van der Waals surface area (Å²) in [6.45, 7) is 1.47. The van der Waals surface area contributed by atoms with Gasteiger partial charge in [0.05, 0.1) is 7.11 Å². The summed E-state index contributed by atoms with van der Waals surface area (Å²) in [5.74, 6) is -1.47. The minimum Gasteiger partial charge on any atom is -0.494 e. The molecule has 1 rings (SSSR count). The number of hydrogen-bond donors (Lipinski definition) is 1. The zero-order valence-corrected chi connectivity index (χ0v) is 8.32. The molecule has 0 atom stereocenters. The van der Waals surface area contributed by atoms with E-state index >= 15 is 0 Å². The maximum atomic E-state index is 12.4. The molecule has 6 heteroatoms. The third-order valence-electron chi connectivity index (χ3n) is 1.68. The maximum absolute atomic E-state index is 12.4. The van der Waals surface area contributed by atoms with Crippen molar-refractivity contribution in [2.24, 2.45) is 0 Å². The molecular formula is C8H8F2O3S. The Morgan fingerprint density at radius 3 is 2.50 bits per heavy atom. The number of alkyl halides is 2. The molecule has 1 heterocycles. The van der Waals surface area contributed by atoms with Crippen LogP contribution in [0.25, 0.3) is 0 Å². The Morgan fingerprint density at radius 1 is 1.57 bits per heavy atom. The highest BCUT2D eigenvalue weighted by Crippen LogP contribution is 2.40. The molecule has 1 aromatic heterocycles. The summed E-state index contributed by atoms with van der Waals surface area (Å²) >= 11 is 0.746. The molecule has 0 bridgehead atoms. The molecule has 14 heavy (non-hydrogen) atoms. The van der Waals surface area contributed by atoms with Gasteiger partial charge in [0.15, 0.2) is 5.75 Å². The van der Waals surface area contributed by atoms with Crippen molar-refractivity contribution in [2.75, 3.05) is 7.11 Å². The zero-order chi connectivity index (χ0) is 10.9. The molecule has 1 aromatic rings. The molecule has 0 radical (unpaired) electrons.